The Bertz CT molecular complexity index is 604. The number of carboxylic acids is 1. The Kier molecular flexibility index (Phi) is 4.42. The number of nitrogens with zero attached hydrogens (tertiary/aromatic N) is 1. The number of nitrogens with one attached hydrogen (secondary N) is 1. The summed E-state index contributed by atoms with van der Waals surface area (Å²) in [4.78, 5) is 33.2. The summed E-state index contributed by atoms with van der Waals surface area (Å²) >= 11 is 5.87. The Morgan fingerprint density at radius 3 is 2.67 bits per heavy atom. The van der Waals surface area contributed by atoms with Crippen LogP contribution in [0.4, 0.5) is 5.69 Å². The summed E-state index contributed by atoms with van der Waals surface area (Å²) in [6.07, 6.45) is 1.84. The molecule has 1 aliphatic rings. The molecule has 8 heteroatoms. The highest BCUT2D eigenvalue weighted by Crippen LogP contribution is 2.27. The third-order valence-corrected chi connectivity index (χ3v) is 3.87. The molecule has 1 saturated carbocycles. The minimum atomic E-state index is -0.937. The fraction of sp³-hybridized carbons (Fsp3) is 0.385. The lowest BCUT2D eigenvalue weighted by Crippen LogP contribution is -2.40. The first-order chi connectivity index (χ1) is 9.90. The number of hydrogen-bond donors (Lipinski definition) is 2. The van der Waals surface area contributed by atoms with E-state index in [4.69, 9.17) is 16.7 Å². The molecule has 0 spiro atoms. The van der Waals surface area contributed by atoms with Crippen LogP contribution in [0.1, 0.15) is 29.6 Å². The second kappa shape index (κ2) is 6.09. The van der Waals surface area contributed by atoms with Gasteiger partial charge in [-0.2, -0.15) is 0 Å². The Morgan fingerprint density at radius 2 is 2.10 bits per heavy atom. The van der Waals surface area contributed by atoms with E-state index in [2.05, 4.69) is 5.32 Å². The molecule has 21 heavy (non-hydrogen) atoms. The summed E-state index contributed by atoms with van der Waals surface area (Å²) in [7, 11) is 0. The zero-order valence-electron chi connectivity index (χ0n) is 10.9. The molecule has 0 bridgehead atoms. The van der Waals surface area contributed by atoms with Crippen LogP contribution in [-0.2, 0) is 4.79 Å². The van der Waals surface area contributed by atoms with Crippen LogP contribution in [0.3, 0.4) is 0 Å². The molecular formula is C13H13ClN2O5. The van der Waals surface area contributed by atoms with E-state index in [1.807, 2.05) is 0 Å². The van der Waals surface area contributed by atoms with Crippen molar-refractivity contribution in [1.29, 1.82) is 0 Å². The maximum atomic E-state index is 12.1. The largest absolute Gasteiger partial charge is 0.481 e. The summed E-state index contributed by atoms with van der Waals surface area (Å²) in [5.74, 6) is -2.06. The molecule has 0 heterocycles. The molecule has 1 aromatic rings. The van der Waals surface area contributed by atoms with Gasteiger partial charge in [0.05, 0.1) is 21.4 Å². The lowest BCUT2D eigenvalue weighted by Gasteiger charge is -2.17. The van der Waals surface area contributed by atoms with Crippen LogP contribution in [0.25, 0.3) is 0 Å². The van der Waals surface area contributed by atoms with Gasteiger partial charge in [-0.25, -0.2) is 0 Å². The van der Waals surface area contributed by atoms with Crippen LogP contribution in [0, 0.1) is 16.0 Å². The lowest BCUT2D eigenvalue weighted by atomic mass is 10.0. The molecule has 1 aromatic carbocycles. The first-order valence-corrected chi connectivity index (χ1v) is 6.75. The summed E-state index contributed by atoms with van der Waals surface area (Å²) in [5.41, 5.74) is -0.112. The molecule has 1 fully saturated rings. The summed E-state index contributed by atoms with van der Waals surface area (Å²) < 4.78 is 0. The van der Waals surface area contributed by atoms with Crippen molar-refractivity contribution in [2.45, 2.75) is 25.3 Å². The van der Waals surface area contributed by atoms with Gasteiger partial charge in [0.15, 0.2) is 0 Å². The van der Waals surface area contributed by atoms with E-state index < -0.39 is 28.8 Å². The van der Waals surface area contributed by atoms with E-state index in [1.165, 1.54) is 12.1 Å². The number of nitro groups is 1. The van der Waals surface area contributed by atoms with Crippen molar-refractivity contribution in [3.8, 4) is 0 Å². The number of carbonyl (C=O) groups is 2. The number of halogens is 1. The van der Waals surface area contributed by atoms with Crippen LogP contribution in [0.2, 0.25) is 5.02 Å². The predicted molar refractivity (Wildman–Crippen MR) is 74.3 cm³/mol. The second-order valence-corrected chi connectivity index (χ2v) is 5.28. The molecule has 2 atom stereocenters. The van der Waals surface area contributed by atoms with Crippen LogP contribution >= 0.6 is 11.6 Å². The summed E-state index contributed by atoms with van der Waals surface area (Å²) in [6.45, 7) is 0. The van der Waals surface area contributed by atoms with Crippen molar-refractivity contribution in [3.05, 3.63) is 38.9 Å². The highest BCUT2D eigenvalue weighted by molar-refractivity contribution is 6.34. The van der Waals surface area contributed by atoms with Gasteiger partial charge in [0.25, 0.3) is 11.6 Å². The topological polar surface area (TPSA) is 110 Å². The maximum absolute atomic E-state index is 12.1. The van der Waals surface area contributed by atoms with Crippen molar-refractivity contribution in [3.63, 3.8) is 0 Å². The Balaban J connectivity index is 2.13. The minimum Gasteiger partial charge on any atom is -0.481 e. The van der Waals surface area contributed by atoms with Crippen molar-refractivity contribution in [2.24, 2.45) is 5.92 Å². The van der Waals surface area contributed by atoms with E-state index >= 15 is 0 Å². The smallest absolute Gasteiger partial charge is 0.308 e. The van der Waals surface area contributed by atoms with E-state index in [0.29, 0.717) is 12.8 Å². The molecule has 0 radical (unpaired) electrons. The first-order valence-electron chi connectivity index (χ1n) is 6.37. The van der Waals surface area contributed by atoms with Crippen LogP contribution in [-0.4, -0.2) is 27.9 Å². The van der Waals surface area contributed by atoms with E-state index in [0.717, 1.165) is 12.5 Å². The quantitative estimate of drug-likeness (QED) is 0.654. The highest BCUT2D eigenvalue weighted by atomic mass is 35.5. The second-order valence-electron chi connectivity index (χ2n) is 4.88. The van der Waals surface area contributed by atoms with Gasteiger partial charge in [0.2, 0.25) is 0 Å². The molecule has 2 rings (SSSR count). The van der Waals surface area contributed by atoms with Crippen molar-refractivity contribution >= 4 is 29.2 Å². The number of carboxylic acid groups (broad SMARTS) is 1. The van der Waals surface area contributed by atoms with E-state index in [9.17, 15) is 19.7 Å². The first kappa shape index (κ1) is 15.2. The zero-order valence-corrected chi connectivity index (χ0v) is 11.7. The Morgan fingerprint density at radius 1 is 1.38 bits per heavy atom. The average Bonchev–Trinajstić information content (AvgIpc) is 2.86. The van der Waals surface area contributed by atoms with Gasteiger partial charge in [-0.05, 0) is 18.9 Å². The Labute approximate surface area is 125 Å². The molecule has 0 aliphatic heterocycles. The summed E-state index contributed by atoms with van der Waals surface area (Å²) in [5, 5.41) is 22.3. The van der Waals surface area contributed by atoms with Gasteiger partial charge in [-0.3, -0.25) is 19.7 Å². The molecule has 1 amide bonds. The number of carbonyl (C=O) groups excluding carboxylic acids is 1. The molecule has 7 nitrogen and oxygen atoms in total. The predicted octanol–water partition coefficient (Wildman–Crippen LogP) is 2.23. The van der Waals surface area contributed by atoms with Gasteiger partial charge >= 0.3 is 5.97 Å². The zero-order chi connectivity index (χ0) is 15.6. The van der Waals surface area contributed by atoms with Crippen LogP contribution < -0.4 is 5.32 Å². The number of hydrogen-bond acceptors (Lipinski definition) is 4. The lowest BCUT2D eigenvalue weighted by molar-refractivity contribution is -0.384. The van der Waals surface area contributed by atoms with Gasteiger partial charge < -0.3 is 10.4 Å². The molecule has 2 N–H and O–H groups in total. The summed E-state index contributed by atoms with van der Waals surface area (Å²) in [6, 6.07) is 3.10. The standard InChI is InChI=1S/C13H13ClN2O5/c14-10-6-7(16(20)21)4-5-8(10)12(17)15-11-3-1-2-9(11)13(18)19/h4-6,9,11H,1-3H2,(H,15,17)(H,18,19)/t9-,11+/m1/s1. The van der Waals surface area contributed by atoms with Crippen molar-refractivity contribution in [1.82, 2.24) is 5.32 Å². The normalized spacial score (nSPS) is 21.0. The maximum Gasteiger partial charge on any atom is 0.308 e. The highest BCUT2D eigenvalue weighted by Gasteiger charge is 2.34. The Hall–Kier alpha value is -2.15. The van der Waals surface area contributed by atoms with Crippen LogP contribution in [0.5, 0.6) is 0 Å². The SMILES string of the molecule is O=C(N[C@H]1CCC[C@H]1C(=O)O)c1ccc([N+](=O)[O-])cc1Cl. The number of nitro benzene ring substituents is 1. The van der Waals surface area contributed by atoms with Crippen molar-refractivity contribution < 1.29 is 19.6 Å². The third kappa shape index (κ3) is 3.30. The molecule has 0 aromatic heterocycles. The number of aliphatic carboxylic acids is 1. The molecule has 112 valence electrons. The monoisotopic (exact) mass is 312 g/mol. The van der Waals surface area contributed by atoms with Gasteiger partial charge in [0.1, 0.15) is 0 Å². The third-order valence-electron chi connectivity index (χ3n) is 3.56. The fourth-order valence-corrected chi connectivity index (χ4v) is 2.74. The number of benzene rings is 1. The van der Waals surface area contributed by atoms with Crippen molar-refractivity contribution in [2.75, 3.05) is 0 Å². The number of amides is 1. The van der Waals surface area contributed by atoms with Gasteiger partial charge in [-0.15, -0.1) is 0 Å². The average molecular weight is 313 g/mol. The fourth-order valence-electron chi connectivity index (χ4n) is 2.48. The van der Waals surface area contributed by atoms with Crippen LogP contribution in [0.15, 0.2) is 18.2 Å². The minimum absolute atomic E-state index is 0.0356. The number of non-ortho nitro benzene ring substituents is 1. The van der Waals surface area contributed by atoms with Gasteiger partial charge in [0, 0.05) is 18.2 Å². The van der Waals surface area contributed by atoms with E-state index in [-0.39, 0.29) is 16.3 Å². The molecule has 1 aliphatic carbocycles. The molecular weight excluding hydrogens is 300 g/mol. The molecule has 0 unspecified atom stereocenters. The van der Waals surface area contributed by atoms with E-state index in [1.54, 1.807) is 0 Å². The number of rotatable bonds is 4. The molecule has 0 saturated heterocycles. The van der Waals surface area contributed by atoms with Gasteiger partial charge in [-0.1, -0.05) is 18.0 Å².